The number of non-ortho nitro benzene ring substituents is 2. The summed E-state index contributed by atoms with van der Waals surface area (Å²) in [5.74, 6) is 0.757. The summed E-state index contributed by atoms with van der Waals surface area (Å²) in [7, 11) is 4.16. The quantitative estimate of drug-likeness (QED) is 0.0671. The average molecular weight is 981 g/mol. The molecule has 0 saturated heterocycles. The van der Waals surface area contributed by atoms with Crippen LogP contribution in [0.25, 0.3) is 0 Å². The maximum absolute atomic E-state index is 12.2. The van der Waals surface area contributed by atoms with Crippen LogP contribution in [0.1, 0.15) is 45.2 Å². The molecule has 2 atom stereocenters. The lowest BCUT2D eigenvalue weighted by Crippen LogP contribution is -2.31. The highest BCUT2D eigenvalue weighted by molar-refractivity contribution is 6.61. The number of nitro benzene ring substituents is 2. The maximum Gasteiger partial charge on any atom is 0.417 e. The van der Waals surface area contributed by atoms with Crippen molar-refractivity contribution >= 4 is 92.3 Å². The number of amides is 1. The molecule has 0 aliphatic carbocycles. The summed E-state index contributed by atoms with van der Waals surface area (Å²) in [5, 5.41) is 26.3. The number of rotatable bonds is 7. The zero-order valence-corrected chi connectivity index (χ0v) is 38.3. The van der Waals surface area contributed by atoms with Crippen LogP contribution in [0.4, 0.5) is 32.3 Å². The van der Waals surface area contributed by atoms with Gasteiger partial charge in [-0.25, -0.2) is 9.59 Å². The van der Waals surface area contributed by atoms with Crippen molar-refractivity contribution in [2.45, 2.75) is 24.9 Å². The Morgan fingerprint density at radius 2 is 1.03 bits per heavy atom. The van der Waals surface area contributed by atoms with Crippen LogP contribution in [0.15, 0.2) is 121 Å². The van der Waals surface area contributed by atoms with Gasteiger partial charge in [0.2, 0.25) is 0 Å². The third kappa shape index (κ3) is 13.1. The lowest BCUT2D eigenvalue weighted by Gasteiger charge is -2.33. The van der Waals surface area contributed by atoms with E-state index in [0.29, 0.717) is 20.8 Å². The smallest absolute Gasteiger partial charge is 0.414 e. The standard InChI is InChI=1S/C23H19Cl2N3O4.C16H16Cl2N2.C7H4ClNO4/c1-27-12-20(19-10-15(24)11-22(25)21(19)13-27)14-2-4-16(5-3-14)26-23(29)32-18-8-6-17(7-9-18)28(30)31;1-20-8-14(10-2-4-12(19)5-3-10)13-6-11(17)7-16(18)15(13)9-20;8-7(10)13-6-3-1-5(2-4-6)9(11)12/h2-11,20H,12-13H2,1H3,(H,26,29);2-7,14H,8-9,19H2,1H3;1-4H. The fourth-order valence-electron chi connectivity index (χ4n) is 7.40. The molecule has 2 aliphatic heterocycles. The molecule has 0 aromatic heterocycles. The van der Waals surface area contributed by atoms with Gasteiger partial charge in [-0.1, -0.05) is 70.7 Å². The van der Waals surface area contributed by atoms with Crippen LogP contribution in [0, 0.1) is 20.2 Å². The topological polar surface area (TPSA) is 183 Å². The lowest BCUT2D eigenvalue weighted by atomic mass is 9.85. The van der Waals surface area contributed by atoms with Gasteiger partial charge in [0, 0.05) is 105 Å². The molecule has 0 fully saturated rings. The number of ether oxygens (including phenoxy) is 2. The van der Waals surface area contributed by atoms with E-state index in [9.17, 15) is 29.8 Å². The monoisotopic (exact) mass is 978 g/mol. The fourth-order valence-corrected chi connectivity index (χ4v) is 8.63. The summed E-state index contributed by atoms with van der Waals surface area (Å²) in [6.45, 7) is 3.39. The molecule has 6 aromatic rings. The Hall–Kier alpha value is -5.97. The molecule has 65 heavy (non-hydrogen) atoms. The molecule has 336 valence electrons. The first-order valence-electron chi connectivity index (χ1n) is 19.6. The average Bonchev–Trinajstić information content (AvgIpc) is 3.25. The van der Waals surface area contributed by atoms with E-state index in [0.717, 1.165) is 53.6 Å². The fraction of sp³-hybridized carbons (Fsp3) is 0.174. The molecule has 14 nitrogen and oxygen atoms in total. The normalized spacial score (nSPS) is 15.4. The van der Waals surface area contributed by atoms with Gasteiger partial charge in [0.1, 0.15) is 11.5 Å². The number of nitrogens with zero attached hydrogens (tertiary/aromatic N) is 4. The highest BCUT2D eigenvalue weighted by Gasteiger charge is 2.28. The molecule has 3 N–H and O–H groups in total. The molecule has 6 aromatic carbocycles. The minimum Gasteiger partial charge on any atom is -0.414 e. The van der Waals surface area contributed by atoms with Gasteiger partial charge in [-0.2, -0.15) is 0 Å². The molecule has 8 rings (SSSR count). The number of carbonyl (C=O) groups is 2. The maximum atomic E-state index is 12.2. The first-order valence-corrected chi connectivity index (χ1v) is 21.5. The molecule has 0 bridgehead atoms. The summed E-state index contributed by atoms with van der Waals surface area (Å²) in [5.41, 5.74) is 12.9. The van der Waals surface area contributed by atoms with E-state index >= 15 is 0 Å². The van der Waals surface area contributed by atoms with E-state index in [1.807, 2.05) is 49.5 Å². The summed E-state index contributed by atoms with van der Waals surface area (Å²) >= 11 is 30.1. The SMILES string of the molecule is CN1Cc2c(Cl)cc(Cl)cc2C(c2ccc(N)cc2)C1.CN1Cc2c(Cl)cc(Cl)cc2C(c2ccc(NC(=O)Oc3ccc([N+](=O)[O-])cc3)cc2)C1.O=C(Cl)Oc1ccc([N+](=O)[O-])cc1. The van der Waals surface area contributed by atoms with Crippen molar-refractivity contribution in [3.63, 3.8) is 0 Å². The Morgan fingerprint density at radius 1 is 0.631 bits per heavy atom. The van der Waals surface area contributed by atoms with E-state index in [4.69, 9.17) is 68.5 Å². The van der Waals surface area contributed by atoms with E-state index < -0.39 is 21.4 Å². The summed E-state index contributed by atoms with van der Waals surface area (Å²) in [4.78, 5) is 46.7. The van der Waals surface area contributed by atoms with Gasteiger partial charge in [0.15, 0.2) is 0 Å². The zero-order chi connectivity index (χ0) is 46.9. The molecule has 0 radical (unpaired) electrons. The number of benzene rings is 6. The van der Waals surface area contributed by atoms with Gasteiger partial charge in [-0.15, -0.1) is 0 Å². The van der Waals surface area contributed by atoms with Gasteiger partial charge in [0.05, 0.1) is 9.85 Å². The Labute approximate surface area is 398 Å². The van der Waals surface area contributed by atoms with Gasteiger partial charge in [0.25, 0.3) is 11.4 Å². The number of nitro groups is 2. The molecule has 0 spiro atoms. The number of hydrogen-bond acceptors (Lipinski definition) is 11. The van der Waals surface area contributed by atoms with Gasteiger partial charge in [-0.05, 0) is 120 Å². The second kappa shape index (κ2) is 21.8. The summed E-state index contributed by atoms with van der Waals surface area (Å²) < 4.78 is 9.63. The predicted molar refractivity (Wildman–Crippen MR) is 254 cm³/mol. The van der Waals surface area contributed by atoms with Crippen LogP contribution in [0.2, 0.25) is 20.1 Å². The first-order chi connectivity index (χ1) is 30.9. The van der Waals surface area contributed by atoms with Crippen molar-refractivity contribution in [3.8, 4) is 11.5 Å². The number of fused-ring (bicyclic) bond motifs is 2. The Balaban J connectivity index is 0.000000180. The number of halogens is 5. The van der Waals surface area contributed by atoms with Gasteiger partial charge < -0.3 is 25.0 Å². The van der Waals surface area contributed by atoms with Crippen molar-refractivity contribution in [1.29, 1.82) is 0 Å². The van der Waals surface area contributed by atoms with Crippen molar-refractivity contribution in [1.82, 2.24) is 9.80 Å². The van der Waals surface area contributed by atoms with Gasteiger partial charge >= 0.3 is 11.5 Å². The first kappa shape index (κ1) is 48.5. The van der Waals surface area contributed by atoms with Crippen molar-refractivity contribution in [2.24, 2.45) is 0 Å². The Bertz CT molecular complexity index is 2690. The molecule has 2 aliphatic rings. The molecule has 0 saturated carbocycles. The predicted octanol–water partition coefficient (Wildman–Crippen LogP) is 12.6. The lowest BCUT2D eigenvalue weighted by molar-refractivity contribution is -0.385. The van der Waals surface area contributed by atoms with Crippen molar-refractivity contribution < 1.29 is 28.9 Å². The second-order valence-electron chi connectivity index (χ2n) is 15.1. The summed E-state index contributed by atoms with van der Waals surface area (Å²) in [6, 6.07) is 33.4. The van der Waals surface area contributed by atoms with Crippen LogP contribution in [-0.4, -0.2) is 58.4 Å². The largest absolute Gasteiger partial charge is 0.417 e. The number of nitrogens with one attached hydrogen (secondary N) is 1. The van der Waals surface area contributed by atoms with E-state index in [2.05, 4.69) is 39.0 Å². The Morgan fingerprint density at radius 3 is 1.43 bits per heavy atom. The van der Waals surface area contributed by atoms with Crippen LogP contribution in [0.3, 0.4) is 0 Å². The van der Waals surface area contributed by atoms with Crippen LogP contribution < -0.4 is 20.5 Å². The minimum atomic E-state index is -0.978. The highest BCUT2D eigenvalue weighted by Crippen LogP contribution is 2.40. The molecular formula is C46H39Cl5N6O8. The number of likely N-dealkylation sites (N-methyl/N-ethyl adjacent to an activating group) is 2. The van der Waals surface area contributed by atoms with E-state index in [-0.39, 0.29) is 34.7 Å². The molecule has 1 amide bonds. The summed E-state index contributed by atoms with van der Waals surface area (Å²) in [6.07, 6.45) is -0.687. The van der Waals surface area contributed by atoms with Crippen LogP contribution in [-0.2, 0) is 13.1 Å². The van der Waals surface area contributed by atoms with Gasteiger partial charge in [-0.3, -0.25) is 25.5 Å². The van der Waals surface area contributed by atoms with Crippen LogP contribution >= 0.6 is 58.0 Å². The van der Waals surface area contributed by atoms with Crippen molar-refractivity contribution in [2.75, 3.05) is 38.2 Å². The molecular weight excluding hydrogens is 942 g/mol. The number of nitrogen functional groups attached to an aromatic ring is 1. The van der Waals surface area contributed by atoms with E-state index in [1.165, 1.54) is 65.2 Å². The number of nitrogens with two attached hydrogens (primary N) is 1. The zero-order valence-electron chi connectivity index (χ0n) is 34.6. The van der Waals surface area contributed by atoms with Crippen molar-refractivity contribution in [3.05, 3.63) is 195 Å². The highest BCUT2D eigenvalue weighted by atomic mass is 35.5. The number of anilines is 2. The number of carbonyl (C=O) groups excluding carboxylic acids is 2. The third-order valence-electron chi connectivity index (χ3n) is 10.4. The minimum absolute atomic E-state index is 0.0747. The third-order valence-corrected chi connectivity index (χ3v) is 11.6. The Kier molecular flexibility index (Phi) is 16.3. The number of hydrogen-bond donors (Lipinski definition) is 2. The molecule has 19 heteroatoms. The molecule has 2 heterocycles. The molecule has 2 unspecified atom stereocenters. The van der Waals surface area contributed by atoms with E-state index in [1.54, 1.807) is 18.2 Å². The van der Waals surface area contributed by atoms with Crippen LogP contribution in [0.5, 0.6) is 11.5 Å². The second-order valence-corrected chi connectivity index (χ2v) is 17.1.